The van der Waals surface area contributed by atoms with Crippen LogP contribution in [-0.4, -0.2) is 9.97 Å². The van der Waals surface area contributed by atoms with Crippen LogP contribution in [0.25, 0.3) is 11.4 Å². The van der Waals surface area contributed by atoms with Gasteiger partial charge in [0.2, 0.25) is 0 Å². The quantitative estimate of drug-likeness (QED) is 0.715. The fraction of sp³-hybridized carbons (Fsp3) is 0. The van der Waals surface area contributed by atoms with Crippen LogP contribution in [0.3, 0.4) is 0 Å². The molecule has 5 heteroatoms. The molecule has 1 heterocycles. The molecule has 1 aromatic carbocycles. The Hall–Kier alpha value is -1.19. The number of rotatable bonds is 1. The minimum atomic E-state index is -0.407. The zero-order valence-corrected chi connectivity index (χ0v) is 8.93. The Morgan fingerprint density at radius 3 is 2.20 bits per heavy atom. The summed E-state index contributed by atoms with van der Waals surface area (Å²) in [6, 6.07) is 7.57. The maximum atomic E-state index is 13.4. The largest absolute Gasteiger partial charge is 0.216 e. The van der Waals surface area contributed by atoms with Crippen molar-refractivity contribution >= 4 is 23.2 Å². The Labute approximate surface area is 95.7 Å². The van der Waals surface area contributed by atoms with Crippen LogP contribution >= 0.6 is 23.2 Å². The summed E-state index contributed by atoms with van der Waals surface area (Å²) in [4.78, 5) is 7.79. The summed E-state index contributed by atoms with van der Waals surface area (Å²) in [5.41, 5.74) is 0.280. The van der Waals surface area contributed by atoms with E-state index in [-0.39, 0.29) is 21.7 Å². The Morgan fingerprint density at radius 1 is 1.00 bits per heavy atom. The lowest BCUT2D eigenvalue weighted by Crippen LogP contribution is -1.92. The number of aromatic nitrogens is 2. The fourth-order valence-electron chi connectivity index (χ4n) is 1.15. The lowest BCUT2D eigenvalue weighted by atomic mass is 10.2. The molecule has 0 bridgehead atoms. The maximum Gasteiger partial charge on any atom is 0.165 e. The van der Waals surface area contributed by atoms with Crippen molar-refractivity contribution in [3.63, 3.8) is 0 Å². The van der Waals surface area contributed by atoms with Gasteiger partial charge in [0.15, 0.2) is 5.82 Å². The molecule has 1 aromatic heterocycles. The molecule has 0 aliphatic rings. The maximum absolute atomic E-state index is 13.4. The third-order valence-corrected chi connectivity index (χ3v) is 2.17. The number of hydrogen-bond acceptors (Lipinski definition) is 2. The Bertz CT molecular complexity index is 482. The summed E-state index contributed by atoms with van der Waals surface area (Å²) < 4.78 is 13.4. The molecular formula is C10H5Cl2FN2. The Balaban J connectivity index is 2.59. The predicted octanol–water partition coefficient (Wildman–Crippen LogP) is 3.59. The number of nitrogens with zero attached hydrogens (tertiary/aromatic N) is 2. The van der Waals surface area contributed by atoms with Gasteiger partial charge in [0.1, 0.15) is 16.1 Å². The summed E-state index contributed by atoms with van der Waals surface area (Å²) in [5.74, 6) is -0.221. The summed E-state index contributed by atoms with van der Waals surface area (Å²) in [6.07, 6.45) is 0. The Kier molecular flexibility index (Phi) is 2.84. The smallest absolute Gasteiger partial charge is 0.165 e. The first kappa shape index (κ1) is 10.3. The number of benzene rings is 1. The van der Waals surface area contributed by atoms with Gasteiger partial charge in [-0.15, -0.1) is 0 Å². The van der Waals surface area contributed by atoms with Crippen molar-refractivity contribution in [2.75, 3.05) is 0 Å². The third kappa shape index (κ3) is 2.25. The molecular weight excluding hydrogens is 238 g/mol. The molecule has 76 valence electrons. The van der Waals surface area contributed by atoms with Gasteiger partial charge in [-0.25, -0.2) is 14.4 Å². The first-order valence-corrected chi connectivity index (χ1v) is 4.87. The van der Waals surface area contributed by atoms with Gasteiger partial charge in [0.25, 0.3) is 0 Å². The van der Waals surface area contributed by atoms with Crippen molar-refractivity contribution in [3.8, 4) is 11.4 Å². The summed E-state index contributed by atoms with van der Waals surface area (Å²) in [6.45, 7) is 0. The summed E-state index contributed by atoms with van der Waals surface area (Å²) >= 11 is 11.4. The van der Waals surface area contributed by atoms with Gasteiger partial charge in [0, 0.05) is 6.07 Å². The van der Waals surface area contributed by atoms with Crippen molar-refractivity contribution < 1.29 is 4.39 Å². The second-order valence-electron chi connectivity index (χ2n) is 2.82. The average Bonchev–Trinajstić information content (AvgIpc) is 2.16. The van der Waals surface area contributed by atoms with Gasteiger partial charge in [-0.1, -0.05) is 35.3 Å². The van der Waals surface area contributed by atoms with Gasteiger partial charge >= 0.3 is 0 Å². The fourth-order valence-corrected chi connectivity index (χ4v) is 1.58. The van der Waals surface area contributed by atoms with E-state index in [1.54, 1.807) is 18.2 Å². The first-order chi connectivity index (χ1) is 7.16. The molecule has 0 unspecified atom stereocenters. The lowest BCUT2D eigenvalue weighted by Gasteiger charge is -2.02. The van der Waals surface area contributed by atoms with Crippen LogP contribution in [0, 0.1) is 5.82 Å². The normalized spacial score (nSPS) is 10.3. The molecule has 0 aliphatic heterocycles. The highest BCUT2D eigenvalue weighted by molar-refractivity contribution is 6.33. The van der Waals surface area contributed by atoms with E-state index in [0.717, 1.165) is 0 Å². The van der Waals surface area contributed by atoms with Crippen LogP contribution < -0.4 is 0 Å². The first-order valence-electron chi connectivity index (χ1n) is 4.12. The highest BCUT2D eigenvalue weighted by atomic mass is 35.5. The van der Waals surface area contributed by atoms with Gasteiger partial charge in [-0.2, -0.15) is 0 Å². The van der Waals surface area contributed by atoms with Crippen LogP contribution in [0.5, 0.6) is 0 Å². The van der Waals surface area contributed by atoms with E-state index in [1.165, 1.54) is 12.1 Å². The van der Waals surface area contributed by atoms with E-state index in [0.29, 0.717) is 0 Å². The van der Waals surface area contributed by atoms with Crippen molar-refractivity contribution in [2.45, 2.75) is 0 Å². The highest BCUT2D eigenvalue weighted by Crippen LogP contribution is 2.22. The Morgan fingerprint density at radius 2 is 1.60 bits per heavy atom. The molecule has 0 fully saturated rings. The standard InChI is InChI=1S/C10H5Cl2FN2/c11-8-5-9(12)15-10(14-8)6-3-1-2-4-7(6)13/h1-5H. The monoisotopic (exact) mass is 242 g/mol. The SMILES string of the molecule is Fc1ccccc1-c1nc(Cl)cc(Cl)n1. The molecule has 0 N–H and O–H groups in total. The van der Waals surface area contributed by atoms with Crippen LogP contribution in [0.4, 0.5) is 4.39 Å². The van der Waals surface area contributed by atoms with Crippen molar-refractivity contribution in [1.82, 2.24) is 9.97 Å². The summed E-state index contributed by atoms with van der Waals surface area (Å²) in [5, 5.41) is 0.376. The lowest BCUT2D eigenvalue weighted by molar-refractivity contribution is 0.630. The van der Waals surface area contributed by atoms with Crippen molar-refractivity contribution in [1.29, 1.82) is 0 Å². The zero-order chi connectivity index (χ0) is 10.8. The topological polar surface area (TPSA) is 25.8 Å². The second kappa shape index (κ2) is 4.13. The van der Waals surface area contributed by atoms with Crippen LogP contribution in [0.15, 0.2) is 30.3 Å². The van der Waals surface area contributed by atoms with E-state index >= 15 is 0 Å². The third-order valence-electron chi connectivity index (χ3n) is 1.78. The molecule has 0 atom stereocenters. The highest BCUT2D eigenvalue weighted by Gasteiger charge is 2.08. The van der Waals surface area contributed by atoms with Gasteiger partial charge < -0.3 is 0 Å². The van der Waals surface area contributed by atoms with Crippen LogP contribution in [0.2, 0.25) is 10.3 Å². The second-order valence-corrected chi connectivity index (χ2v) is 3.59. The summed E-state index contributed by atoms with van der Waals surface area (Å²) in [7, 11) is 0. The molecule has 0 saturated carbocycles. The van der Waals surface area contributed by atoms with Crippen LogP contribution in [-0.2, 0) is 0 Å². The molecule has 15 heavy (non-hydrogen) atoms. The average molecular weight is 243 g/mol. The van der Waals surface area contributed by atoms with E-state index in [9.17, 15) is 4.39 Å². The minimum absolute atomic E-state index is 0.186. The molecule has 0 aliphatic carbocycles. The molecule has 0 spiro atoms. The van der Waals surface area contributed by atoms with E-state index < -0.39 is 5.82 Å². The minimum Gasteiger partial charge on any atom is -0.216 e. The predicted molar refractivity (Wildman–Crippen MR) is 57.4 cm³/mol. The number of halogens is 3. The van der Waals surface area contributed by atoms with Crippen molar-refractivity contribution in [3.05, 3.63) is 46.5 Å². The van der Waals surface area contributed by atoms with Gasteiger partial charge in [0.05, 0.1) is 5.56 Å². The zero-order valence-electron chi connectivity index (χ0n) is 7.42. The van der Waals surface area contributed by atoms with Gasteiger partial charge in [-0.05, 0) is 12.1 Å². The van der Waals surface area contributed by atoms with Crippen molar-refractivity contribution in [2.24, 2.45) is 0 Å². The molecule has 2 aromatic rings. The van der Waals surface area contributed by atoms with E-state index in [1.807, 2.05) is 0 Å². The van der Waals surface area contributed by atoms with Gasteiger partial charge in [-0.3, -0.25) is 0 Å². The van der Waals surface area contributed by atoms with Crippen LogP contribution in [0.1, 0.15) is 0 Å². The molecule has 2 nitrogen and oxygen atoms in total. The number of hydrogen-bond donors (Lipinski definition) is 0. The van der Waals surface area contributed by atoms with E-state index in [2.05, 4.69) is 9.97 Å². The molecule has 2 rings (SSSR count). The molecule has 0 saturated heterocycles. The van der Waals surface area contributed by atoms with E-state index in [4.69, 9.17) is 23.2 Å². The molecule has 0 radical (unpaired) electrons. The molecule has 0 amide bonds.